The van der Waals surface area contributed by atoms with Crippen LogP contribution in [0.2, 0.25) is 0 Å². The molecule has 0 atom stereocenters. The Morgan fingerprint density at radius 3 is 1.62 bits per heavy atom. The third-order valence-electron chi connectivity index (χ3n) is 5.21. The first-order chi connectivity index (χ1) is 22.0. The number of thiazole rings is 2. The molecule has 0 bridgehead atoms. The van der Waals surface area contributed by atoms with Crippen molar-refractivity contribution in [1.29, 1.82) is 0 Å². The van der Waals surface area contributed by atoms with Crippen LogP contribution in [0.1, 0.15) is 33.9 Å². The van der Waals surface area contributed by atoms with Crippen LogP contribution in [0.15, 0.2) is 64.4 Å². The number of nitrogens with zero attached hydrogens (tertiary/aromatic N) is 8. The van der Waals surface area contributed by atoms with E-state index in [9.17, 15) is 12.8 Å². The van der Waals surface area contributed by atoms with Crippen LogP contribution in [0.25, 0.3) is 26.4 Å². The van der Waals surface area contributed by atoms with Gasteiger partial charge in [-0.3, -0.25) is 13.5 Å². The summed E-state index contributed by atoms with van der Waals surface area (Å²) in [6.07, 6.45) is 2.33. The summed E-state index contributed by atoms with van der Waals surface area (Å²) in [6, 6.07) is 15.3. The molecular formula is C28H35ClFN8NaO5S3. The molecule has 4 rings (SSSR count). The van der Waals surface area contributed by atoms with Gasteiger partial charge in [-0.15, -0.1) is 35.1 Å². The minimum Gasteiger partial charge on any atom is -0.487 e. The summed E-state index contributed by atoms with van der Waals surface area (Å²) < 4.78 is 53.2. The quantitative estimate of drug-likeness (QED) is 0.0583. The van der Waals surface area contributed by atoms with Crippen molar-refractivity contribution in [3.8, 4) is 11.5 Å². The molecule has 0 fully saturated rings. The molecule has 2 aromatic heterocycles. The minimum absolute atomic E-state index is 0. The van der Waals surface area contributed by atoms with Crippen molar-refractivity contribution >= 4 is 45.2 Å². The molecule has 0 N–H and O–H groups in total. The molecule has 0 saturated carbocycles. The molecule has 0 aliphatic rings. The molecule has 0 amide bonds. The summed E-state index contributed by atoms with van der Waals surface area (Å²) in [5, 5.41) is 9.56. The second-order valence-corrected chi connectivity index (χ2v) is 12.4. The largest absolute Gasteiger partial charge is 1.00 e. The van der Waals surface area contributed by atoms with E-state index in [0.29, 0.717) is 26.2 Å². The first kappa shape index (κ1) is 44.0. The average Bonchev–Trinajstić information content (AvgIpc) is 3.64. The molecule has 0 radical (unpaired) electrons. The van der Waals surface area contributed by atoms with E-state index in [1.54, 1.807) is 22.7 Å². The first-order valence-electron chi connectivity index (χ1n) is 13.7. The molecule has 250 valence electrons. The number of aryl methyl sites for hydroxylation is 2. The van der Waals surface area contributed by atoms with Gasteiger partial charge in [0.25, 0.3) is 10.1 Å². The summed E-state index contributed by atoms with van der Waals surface area (Å²) in [4.78, 5) is 12.9. The number of benzene rings is 2. The van der Waals surface area contributed by atoms with Gasteiger partial charge in [-0.1, -0.05) is 29.4 Å². The van der Waals surface area contributed by atoms with Gasteiger partial charge in [-0.2, -0.15) is 8.42 Å². The molecule has 0 spiro atoms. The Kier molecular flexibility index (Phi) is 25.4. The Morgan fingerprint density at radius 2 is 1.28 bits per heavy atom. The molecule has 0 saturated heterocycles. The summed E-state index contributed by atoms with van der Waals surface area (Å²) in [7, 11) is -4.37. The Hall–Kier alpha value is -2.95. The zero-order valence-corrected chi connectivity index (χ0v) is 31.6. The van der Waals surface area contributed by atoms with Crippen LogP contribution in [0.4, 0.5) is 4.39 Å². The monoisotopic (exact) mass is 737 g/mol. The van der Waals surface area contributed by atoms with Crippen LogP contribution < -0.4 is 39.0 Å². The SMILES string of the molecule is Cc1nc(COc2ccc(CCN=[N+]=[N-])cc2)cs1.Cc1nc(COc2ccc(CCOS(C)(=O)=O)cc2)cs1.Cl.[2H]CF.[N-]=[N+]=[N-].[Na+]. The Labute approximate surface area is 311 Å². The van der Waals surface area contributed by atoms with Crippen LogP contribution in [-0.2, 0) is 40.4 Å². The fraction of sp³-hybridized carbons (Fsp3) is 0.357. The third kappa shape index (κ3) is 22.3. The number of hydrogen-bond acceptors (Lipinski definition) is 10. The van der Waals surface area contributed by atoms with Crippen molar-refractivity contribution in [2.75, 3.05) is 26.6 Å². The Morgan fingerprint density at radius 1 is 0.872 bits per heavy atom. The third-order valence-corrected chi connectivity index (χ3v) is 7.44. The van der Waals surface area contributed by atoms with E-state index >= 15 is 0 Å². The maximum absolute atomic E-state index is 10.8. The molecule has 0 aliphatic carbocycles. The second-order valence-electron chi connectivity index (χ2n) is 8.65. The van der Waals surface area contributed by atoms with Gasteiger partial charge in [0.1, 0.15) is 24.7 Å². The second kappa shape index (κ2) is 27.0. The number of azide groups is 1. The van der Waals surface area contributed by atoms with Crippen molar-refractivity contribution in [2.45, 2.75) is 39.9 Å². The maximum Gasteiger partial charge on any atom is 1.00 e. The minimum atomic E-state index is -3.37. The summed E-state index contributed by atoms with van der Waals surface area (Å²) in [5.41, 5.74) is 25.7. The number of halogens is 2. The smallest absolute Gasteiger partial charge is 0.487 e. The van der Waals surface area contributed by atoms with Crippen LogP contribution in [0.5, 0.6) is 11.5 Å². The van der Waals surface area contributed by atoms with Gasteiger partial charge >= 0.3 is 29.6 Å². The van der Waals surface area contributed by atoms with Gasteiger partial charge in [0.05, 0.1) is 42.8 Å². The van der Waals surface area contributed by atoms with Gasteiger partial charge in [0.2, 0.25) is 0 Å². The van der Waals surface area contributed by atoms with Crippen LogP contribution in [0.3, 0.4) is 0 Å². The fourth-order valence-electron chi connectivity index (χ4n) is 3.30. The molecule has 47 heavy (non-hydrogen) atoms. The van der Waals surface area contributed by atoms with Crippen molar-refractivity contribution in [3.05, 3.63) is 118 Å². The molecule has 4 aromatic rings. The zero-order valence-electron chi connectivity index (χ0n) is 27.4. The predicted molar refractivity (Wildman–Crippen MR) is 182 cm³/mol. The Balaban J connectivity index is 0. The molecule has 13 nitrogen and oxygen atoms in total. The fourth-order valence-corrected chi connectivity index (χ4v) is 4.88. The molecule has 2 aromatic carbocycles. The van der Waals surface area contributed by atoms with Crippen LogP contribution in [0, 0.1) is 13.8 Å². The van der Waals surface area contributed by atoms with Gasteiger partial charge in [-0.05, 0) is 67.6 Å². The van der Waals surface area contributed by atoms with Gasteiger partial charge in [0.15, 0.2) is 0 Å². The number of aromatic nitrogens is 2. The standard InChI is InChI=1S/C14H17NO4S2.C13H14N4OS.CH3F.ClH.N3.Na/c1-11-15-13(10-20-11)9-18-14-5-3-12(4-6-14)7-8-19-21(2,16)17;1-10-16-12(9-19-10)8-18-13-4-2-11(3-5-13)6-7-15-17-14;1-2;;1-3-2;/h3-6,10H,7-9H2,1-2H3;2-5,9H,6-8H2,1H3;1H3;1H;;/q;;;;-1;+1/i;;1D;;;. The van der Waals surface area contributed by atoms with Crippen LogP contribution in [-0.4, -0.2) is 44.9 Å². The van der Waals surface area contributed by atoms with Gasteiger partial charge < -0.3 is 20.5 Å². The van der Waals surface area contributed by atoms with E-state index < -0.39 is 17.3 Å². The summed E-state index contributed by atoms with van der Waals surface area (Å²) >= 11 is 3.22. The van der Waals surface area contributed by atoms with E-state index in [4.69, 9.17) is 31.6 Å². The maximum atomic E-state index is 10.8. The van der Waals surface area contributed by atoms with Crippen molar-refractivity contribution < 1.29 is 57.4 Å². The molecular weight excluding hydrogens is 702 g/mol. The number of alkyl halides is 1. The predicted octanol–water partition coefficient (Wildman–Crippen LogP) is 5.31. The normalized spacial score (nSPS) is 9.74. The average molecular weight is 738 g/mol. The van der Waals surface area contributed by atoms with E-state index in [1.165, 1.54) is 4.91 Å². The number of ether oxygens (including phenoxy) is 2. The van der Waals surface area contributed by atoms with Gasteiger partial charge in [-0.25, -0.2) is 9.97 Å². The summed E-state index contributed by atoms with van der Waals surface area (Å²) in [6.45, 7) is 5.50. The van der Waals surface area contributed by atoms with E-state index in [2.05, 4.69) is 20.0 Å². The first-order valence-corrected chi connectivity index (χ1v) is 16.6. The van der Waals surface area contributed by atoms with Crippen molar-refractivity contribution in [3.63, 3.8) is 0 Å². The van der Waals surface area contributed by atoms with Gasteiger partial charge in [0, 0.05) is 22.2 Å². The number of rotatable bonds is 13. The molecule has 0 aliphatic heterocycles. The van der Waals surface area contributed by atoms with E-state index in [1.807, 2.05) is 73.1 Å². The molecule has 19 heteroatoms. The van der Waals surface area contributed by atoms with Crippen molar-refractivity contribution in [1.82, 2.24) is 9.97 Å². The number of hydrogen-bond donors (Lipinski definition) is 0. The summed E-state index contributed by atoms with van der Waals surface area (Å²) in [5.74, 6) is 1.58. The van der Waals surface area contributed by atoms with E-state index in [0.717, 1.165) is 56.7 Å². The molecule has 2 heterocycles. The zero-order chi connectivity index (χ0) is 34.2. The van der Waals surface area contributed by atoms with Crippen molar-refractivity contribution in [2.24, 2.45) is 5.11 Å². The van der Waals surface area contributed by atoms with Crippen LogP contribution >= 0.6 is 35.1 Å². The topological polar surface area (TPSA) is 195 Å². The van der Waals surface area contributed by atoms with E-state index in [-0.39, 0.29) is 48.6 Å². The Bertz CT molecular complexity index is 1620. The molecule has 0 unspecified atom stereocenters.